The van der Waals surface area contributed by atoms with Gasteiger partial charge < -0.3 is 10.4 Å². The molecule has 1 aromatic rings. The molecule has 7 heteroatoms. The Hall–Kier alpha value is -1.44. The maximum Gasteiger partial charge on any atom is 0.221 e. The summed E-state index contributed by atoms with van der Waals surface area (Å²) in [6.45, 7) is 0.0933. The molecule has 0 heterocycles. The van der Waals surface area contributed by atoms with Crippen molar-refractivity contribution >= 4 is 15.9 Å². The van der Waals surface area contributed by atoms with Gasteiger partial charge in [0.05, 0.1) is 12.4 Å². The van der Waals surface area contributed by atoms with Gasteiger partial charge in [-0.1, -0.05) is 30.3 Å². The van der Waals surface area contributed by atoms with E-state index in [1.54, 1.807) is 0 Å². The van der Waals surface area contributed by atoms with Gasteiger partial charge in [-0.25, -0.2) is 13.1 Å². The van der Waals surface area contributed by atoms with Gasteiger partial charge in [-0.2, -0.15) is 0 Å². The summed E-state index contributed by atoms with van der Waals surface area (Å²) in [5.41, 5.74) is 1.13. The molecule has 1 aliphatic carbocycles. The lowest BCUT2D eigenvalue weighted by Crippen LogP contribution is -2.48. The molecule has 1 saturated carbocycles. The molecule has 128 valence electrons. The van der Waals surface area contributed by atoms with Gasteiger partial charge in [0, 0.05) is 19.0 Å². The largest absolute Gasteiger partial charge is 0.393 e. The predicted octanol–water partition coefficient (Wildman–Crippen LogP) is 0.424. The molecule has 3 N–H and O–H groups in total. The van der Waals surface area contributed by atoms with Crippen LogP contribution in [0, 0.1) is 5.92 Å². The second-order valence-electron chi connectivity index (χ2n) is 6.17. The van der Waals surface area contributed by atoms with E-state index >= 15 is 0 Å². The van der Waals surface area contributed by atoms with Crippen molar-refractivity contribution in [2.24, 2.45) is 5.92 Å². The molecule has 0 aliphatic heterocycles. The summed E-state index contributed by atoms with van der Waals surface area (Å²) >= 11 is 0. The first-order chi connectivity index (χ1) is 10.8. The van der Waals surface area contributed by atoms with E-state index in [1.807, 2.05) is 30.3 Å². The van der Waals surface area contributed by atoms with Crippen molar-refractivity contribution in [3.63, 3.8) is 0 Å². The molecule has 6 nitrogen and oxygen atoms in total. The molecule has 1 fully saturated rings. The van der Waals surface area contributed by atoms with Crippen molar-refractivity contribution in [1.82, 2.24) is 10.0 Å². The molecular formula is C16H24N2O4S. The predicted molar refractivity (Wildman–Crippen MR) is 88.3 cm³/mol. The Morgan fingerprint density at radius 3 is 2.52 bits per heavy atom. The smallest absolute Gasteiger partial charge is 0.221 e. The van der Waals surface area contributed by atoms with Crippen LogP contribution < -0.4 is 10.0 Å². The van der Waals surface area contributed by atoms with Gasteiger partial charge in [0.1, 0.15) is 0 Å². The highest BCUT2D eigenvalue weighted by Gasteiger charge is 2.34. The van der Waals surface area contributed by atoms with E-state index in [-0.39, 0.29) is 36.9 Å². The van der Waals surface area contributed by atoms with Crippen LogP contribution in [0.1, 0.15) is 24.8 Å². The average Bonchev–Trinajstić information content (AvgIpc) is 2.43. The fraction of sp³-hybridized carbons (Fsp3) is 0.562. The van der Waals surface area contributed by atoms with Gasteiger partial charge in [0.25, 0.3) is 0 Å². The Kier molecular flexibility index (Phi) is 6.15. The lowest BCUT2D eigenvalue weighted by molar-refractivity contribution is -0.122. The zero-order valence-corrected chi connectivity index (χ0v) is 14.1. The summed E-state index contributed by atoms with van der Waals surface area (Å²) in [6, 6.07) is 9.85. The second-order valence-corrected chi connectivity index (χ2v) is 8.00. The van der Waals surface area contributed by atoms with E-state index in [2.05, 4.69) is 10.0 Å². The molecule has 23 heavy (non-hydrogen) atoms. The van der Waals surface area contributed by atoms with E-state index in [4.69, 9.17) is 0 Å². The molecule has 1 unspecified atom stereocenters. The van der Waals surface area contributed by atoms with Crippen molar-refractivity contribution in [1.29, 1.82) is 0 Å². The van der Waals surface area contributed by atoms with Crippen LogP contribution in [-0.4, -0.2) is 44.4 Å². The Morgan fingerprint density at radius 2 is 1.96 bits per heavy atom. The summed E-state index contributed by atoms with van der Waals surface area (Å²) < 4.78 is 24.3. The van der Waals surface area contributed by atoms with Crippen LogP contribution in [0.3, 0.4) is 0 Å². The number of hydrogen-bond acceptors (Lipinski definition) is 4. The van der Waals surface area contributed by atoms with Crippen LogP contribution >= 0.6 is 0 Å². The molecule has 2 rings (SSSR count). The van der Waals surface area contributed by atoms with Crippen molar-refractivity contribution < 1.29 is 18.3 Å². The lowest BCUT2D eigenvalue weighted by Gasteiger charge is -2.38. The van der Waals surface area contributed by atoms with Crippen molar-refractivity contribution in [3.8, 4) is 0 Å². The first kappa shape index (κ1) is 17.9. The number of aliphatic hydroxyl groups excluding tert-OH is 1. The van der Waals surface area contributed by atoms with Gasteiger partial charge >= 0.3 is 0 Å². The highest BCUT2D eigenvalue weighted by molar-refractivity contribution is 7.88. The molecule has 0 radical (unpaired) electrons. The number of carbonyl (C=O) groups excluding carboxylic acids is 1. The minimum atomic E-state index is -3.28. The standard InChI is InChI=1S/C16H24N2O4S/c1-23(21,22)17-8-7-16(20)18-15(13-10-14(19)11-13)9-12-5-3-2-4-6-12/h2-6,13-15,17,19H,7-11H2,1H3,(H,18,20). The molecule has 0 saturated heterocycles. The molecular weight excluding hydrogens is 316 g/mol. The molecule has 0 bridgehead atoms. The van der Waals surface area contributed by atoms with Crippen LogP contribution in [0.5, 0.6) is 0 Å². The summed E-state index contributed by atoms with van der Waals surface area (Å²) in [6.07, 6.45) is 3.00. The zero-order valence-electron chi connectivity index (χ0n) is 13.2. The van der Waals surface area contributed by atoms with Crippen LogP contribution in [0.2, 0.25) is 0 Å². The Morgan fingerprint density at radius 1 is 1.30 bits per heavy atom. The summed E-state index contributed by atoms with van der Waals surface area (Å²) in [4.78, 5) is 12.0. The van der Waals surface area contributed by atoms with Gasteiger partial charge in [0.15, 0.2) is 0 Å². The SMILES string of the molecule is CS(=O)(=O)NCCC(=O)NC(Cc1ccccc1)C1CC(O)C1. The maximum absolute atomic E-state index is 12.0. The van der Waals surface area contributed by atoms with E-state index in [0.29, 0.717) is 19.3 Å². The van der Waals surface area contributed by atoms with Crippen molar-refractivity contribution in [2.45, 2.75) is 37.8 Å². The third-order valence-electron chi connectivity index (χ3n) is 4.08. The van der Waals surface area contributed by atoms with E-state index < -0.39 is 10.0 Å². The fourth-order valence-electron chi connectivity index (χ4n) is 2.79. The molecule has 1 aliphatic rings. The minimum absolute atomic E-state index is 0.0356. The maximum atomic E-state index is 12.0. The van der Waals surface area contributed by atoms with E-state index in [1.165, 1.54) is 0 Å². The summed E-state index contributed by atoms with van der Waals surface area (Å²) in [7, 11) is -3.28. The quantitative estimate of drug-likeness (QED) is 0.639. The molecule has 0 aromatic heterocycles. The molecule has 1 atom stereocenters. The number of benzene rings is 1. The average molecular weight is 340 g/mol. The van der Waals surface area contributed by atoms with Gasteiger partial charge in [0.2, 0.25) is 15.9 Å². The number of rotatable bonds is 8. The summed E-state index contributed by atoms with van der Waals surface area (Å²) in [5, 5.41) is 12.5. The van der Waals surface area contributed by atoms with Gasteiger partial charge in [-0.3, -0.25) is 4.79 Å². The third-order valence-corrected chi connectivity index (χ3v) is 4.81. The molecule has 0 spiro atoms. The Bertz CT molecular complexity index is 612. The lowest BCUT2D eigenvalue weighted by atomic mass is 9.75. The van der Waals surface area contributed by atoms with Crippen LogP contribution in [0.4, 0.5) is 0 Å². The Labute approximate surface area is 137 Å². The number of amides is 1. The molecule has 1 amide bonds. The van der Waals surface area contributed by atoms with E-state index in [9.17, 15) is 18.3 Å². The summed E-state index contributed by atoms with van der Waals surface area (Å²) in [5.74, 6) is 0.0838. The van der Waals surface area contributed by atoms with Gasteiger partial charge in [-0.15, -0.1) is 0 Å². The normalized spacial score (nSPS) is 22.2. The Balaban J connectivity index is 1.88. The number of nitrogens with one attached hydrogen (secondary N) is 2. The fourth-order valence-corrected chi connectivity index (χ4v) is 3.26. The first-order valence-electron chi connectivity index (χ1n) is 7.79. The second kappa shape index (κ2) is 7.90. The number of sulfonamides is 1. The van der Waals surface area contributed by atoms with Gasteiger partial charge in [-0.05, 0) is 30.7 Å². The van der Waals surface area contributed by atoms with Crippen LogP contribution in [0.25, 0.3) is 0 Å². The van der Waals surface area contributed by atoms with Crippen molar-refractivity contribution in [2.75, 3.05) is 12.8 Å². The third kappa shape index (κ3) is 6.29. The highest BCUT2D eigenvalue weighted by atomic mass is 32.2. The first-order valence-corrected chi connectivity index (χ1v) is 9.68. The van der Waals surface area contributed by atoms with Crippen molar-refractivity contribution in [3.05, 3.63) is 35.9 Å². The number of carbonyl (C=O) groups is 1. The van der Waals surface area contributed by atoms with E-state index in [0.717, 1.165) is 11.8 Å². The van der Waals surface area contributed by atoms with Crippen LogP contribution in [-0.2, 0) is 21.2 Å². The highest BCUT2D eigenvalue weighted by Crippen LogP contribution is 2.31. The minimum Gasteiger partial charge on any atom is -0.393 e. The zero-order chi connectivity index (χ0) is 16.9. The topological polar surface area (TPSA) is 95.5 Å². The van der Waals surface area contributed by atoms with Crippen LogP contribution in [0.15, 0.2) is 30.3 Å². The number of hydrogen-bond donors (Lipinski definition) is 3. The monoisotopic (exact) mass is 340 g/mol. The number of aliphatic hydroxyl groups is 1. The molecule has 1 aromatic carbocycles.